The maximum absolute atomic E-state index is 12.7. The first-order valence-electron chi connectivity index (χ1n) is 8.97. The molecule has 1 aliphatic heterocycles. The number of sulfonamides is 1. The van der Waals surface area contributed by atoms with Crippen LogP contribution in [0.1, 0.15) is 16.7 Å². The lowest BCUT2D eigenvalue weighted by molar-refractivity contribution is -0.186. The number of nitrogens with one attached hydrogen (secondary N) is 1. The van der Waals surface area contributed by atoms with Crippen LogP contribution >= 0.6 is 0 Å². The van der Waals surface area contributed by atoms with Crippen LogP contribution in [0.5, 0.6) is 5.75 Å². The summed E-state index contributed by atoms with van der Waals surface area (Å²) < 4.78 is 94.1. The van der Waals surface area contributed by atoms with Crippen molar-refractivity contribution in [3.05, 3.63) is 59.2 Å². The first-order chi connectivity index (χ1) is 14.5. The number of carbonyl (C=O) groups excluding carboxylic acids is 1. The minimum absolute atomic E-state index is 0.0748. The van der Waals surface area contributed by atoms with Crippen LogP contribution in [0.15, 0.2) is 47.4 Å². The number of hydrogen-bond donors (Lipinski definition) is 1. The lowest BCUT2D eigenvalue weighted by Gasteiger charge is -2.29. The van der Waals surface area contributed by atoms with Gasteiger partial charge in [-0.3, -0.25) is 4.79 Å². The van der Waals surface area contributed by atoms with Crippen molar-refractivity contribution in [1.82, 2.24) is 9.62 Å². The van der Waals surface area contributed by atoms with Crippen molar-refractivity contribution in [2.24, 2.45) is 0 Å². The normalized spacial score (nSPS) is 14.5. The van der Waals surface area contributed by atoms with E-state index >= 15 is 0 Å². The van der Waals surface area contributed by atoms with Crippen molar-refractivity contribution in [2.75, 3.05) is 6.54 Å². The second-order valence-electron chi connectivity index (χ2n) is 6.75. The Morgan fingerprint density at radius 2 is 1.77 bits per heavy atom. The van der Waals surface area contributed by atoms with Gasteiger partial charge in [0.2, 0.25) is 10.0 Å². The van der Waals surface area contributed by atoms with Crippen LogP contribution in [0, 0.1) is 0 Å². The highest BCUT2D eigenvalue weighted by atomic mass is 32.2. The highest BCUT2D eigenvalue weighted by molar-refractivity contribution is 7.89. The molecule has 0 saturated heterocycles. The van der Waals surface area contributed by atoms with Gasteiger partial charge in [-0.2, -0.15) is 22.0 Å². The van der Waals surface area contributed by atoms with Gasteiger partial charge in [-0.25, -0.2) is 13.1 Å². The van der Waals surface area contributed by atoms with Crippen molar-refractivity contribution in [1.29, 1.82) is 0 Å². The fourth-order valence-electron chi connectivity index (χ4n) is 3.10. The monoisotopic (exact) mass is 464 g/mol. The number of alkyl halides is 5. The lowest BCUT2D eigenvalue weighted by Crippen LogP contribution is -2.43. The molecule has 3 rings (SSSR count). The SMILES string of the molecule is O=C(N1CCc2ccc(S(=O)(=O)NCc3ccc(OC(F)F)cc3)cc2C1)C(F)(F)F. The predicted molar refractivity (Wildman–Crippen MR) is 98.7 cm³/mol. The third kappa shape index (κ3) is 5.70. The van der Waals surface area contributed by atoms with E-state index in [0.717, 1.165) is 0 Å². The molecule has 1 heterocycles. The molecular formula is C19H17F5N2O4S. The number of carbonyl (C=O) groups is 1. The Morgan fingerprint density at radius 1 is 1.10 bits per heavy atom. The van der Waals surface area contributed by atoms with E-state index < -0.39 is 28.7 Å². The van der Waals surface area contributed by atoms with Gasteiger partial charge in [0.05, 0.1) is 4.90 Å². The molecule has 0 unspecified atom stereocenters. The Balaban J connectivity index is 1.70. The van der Waals surface area contributed by atoms with E-state index in [1.54, 1.807) is 0 Å². The van der Waals surface area contributed by atoms with Crippen LogP contribution in [0.4, 0.5) is 22.0 Å². The van der Waals surface area contributed by atoms with E-state index in [1.807, 2.05) is 0 Å². The molecule has 0 radical (unpaired) electrons. The Hall–Kier alpha value is -2.73. The third-order valence-corrected chi connectivity index (χ3v) is 6.04. The van der Waals surface area contributed by atoms with Gasteiger partial charge in [0.25, 0.3) is 0 Å². The van der Waals surface area contributed by atoms with Crippen molar-refractivity contribution >= 4 is 15.9 Å². The van der Waals surface area contributed by atoms with Gasteiger partial charge in [0.15, 0.2) is 0 Å². The summed E-state index contributed by atoms with van der Waals surface area (Å²) in [6, 6.07) is 9.44. The van der Waals surface area contributed by atoms with Crippen molar-refractivity contribution in [2.45, 2.75) is 37.2 Å². The molecule has 0 fully saturated rings. The average Bonchev–Trinajstić information content (AvgIpc) is 2.71. The molecule has 2 aromatic rings. The zero-order valence-corrected chi connectivity index (χ0v) is 16.6. The lowest BCUT2D eigenvalue weighted by atomic mass is 10.00. The minimum atomic E-state index is -5.00. The maximum Gasteiger partial charge on any atom is 0.471 e. The molecule has 1 amide bonds. The van der Waals surface area contributed by atoms with Crippen LogP contribution in [0.25, 0.3) is 0 Å². The quantitative estimate of drug-likeness (QED) is 0.667. The van der Waals surface area contributed by atoms with Gasteiger partial charge in [0, 0.05) is 19.6 Å². The van der Waals surface area contributed by atoms with Crippen LogP contribution in [0.2, 0.25) is 0 Å². The van der Waals surface area contributed by atoms with E-state index in [2.05, 4.69) is 9.46 Å². The molecular weight excluding hydrogens is 447 g/mol. The number of benzene rings is 2. The molecule has 0 bridgehead atoms. The zero-order valence-electron chi connectivity index (χ0n) is 15.8. The third-order valence-electron chi connectivity index (χ3n) is 4.64. The van der Waals surface area contributed by atoms with Crippen LogP contribution in [0.3, 0.4) is 0 Å². The number of fused-ring (bicyclic) bond motifs is 1. The standard InChI is InChI=1S/C19H17F5N2O4S/c20-18(21)30-15-4-1-12(2-5-15)10-25-31(28,29)16-6-3-13-7-8-26(11-14(13)9-16)17(27)19(22,23)24/h1-6,9,18,25H,7-8,10-11H2. The van der Waals surface area contributed by atoms with Crippen molar-refractivity contribution in [3.8, 4) is 5.75 Å². The average molecular weight is 464 g/mol. The fourth-order valence-corrected chi connectivity index (χ4v) is 4.17. The Kier molecular flexibility index (Phi) is 6.51. The summed E-state index contributed by atoms with van der Waals surface area (Å²) in [6.45, 7) is -3.58. The fraction of sp³-hybridized carbons (Fsp3) is 0.316. The van der Waals surface area contributed by atoms with Crippen LogP contribution in [-0.2, 0) is 34.3 Å². The summed E-state index contributed by atoms with van der Waals surface area (Å²) in [6.07, 6.45) is -4.82. The van der Waals surface area contributed by atoms with E-state index in [9.17, 15) is 35.2 Å². The molecule has 0 atom stereocenters. The Morgan fingerprint density at radius 3 is 2.39 bits per heavy atom. The predicted octanol–water partition coefficient (Wildman–Crippen LogP) is 3.21. The van der Waals surface area contributed by atoms with Gasteiger partial charge < -0.3 is 9.64 Å². The van der Waals surface area contributed by atoms with Crippen molar-refractivity contribution in [3.63, 3.8) is 0 Å². The molecule has 168 valence electrons. The Bertz CT molecular complexity index is 1060. The number of ether oxygens (including phenoxy) is 1. The summed E-state index contributed by atoms with van der Waals surface area (Å²) in [7, 11) is -4.01. The second kappa shape index (κ2) is 8.79. The molecule has 0 aliphatic carbocycles. The van der Waals surface area contributed by atoms with E-state index in [1.165, 1.54) is 42.5 Å². The maximum atomic E-state index is 12.7. The van der Waals surface area contributed by atoms with E-state index in [0.29, 0.717) is 21.6 Å². The summed E-state index contributed by atoms with van der Waals surface area (Å²) in [5.74, 6) is -2.04. The number of hydrogen-bond acceptors (Lipinski definition) is 4. The molecule has 31 heavy (non-hydrogen) atoms. The molecule has 0 spiro atoms. The number of rotatable bonds is 6. The molecule has 12 heteroatoms. The summed E-state index contributed by atoms with van der Waals surface area (Å²) in [5, 5.41) is 0. The van der Waals surface area contributed by atoms with E-state index in [-0.39, 0.29) is 36.7 Å². The van der Waals surface area contributed by atoms with Gasteiger partial charge in [-0.05, 0) is 47.4 Å². The highest BCUT2D eigenvalue weighted by Crippen LogP contribution is 2.26. The summed E-state index contributed by atoms with van der Waals surface area (Å²) in [4.78, 5) is 11.9. The highest BCUT2D eigenvalue weighted by Gasteiger charge is 2.43. The number of halogens is 5. The zero-order chi connectivity index (χ0) is 22.8. The van der Waals surface area contributed by atoms with E-state index in [4.69, 9.17) is 0 Å². The summed E-state index contributed by atoms with van der Waals surface area (Å²) in [5.41, 5.74) is 1.46. The van der Waals surface area contributed by atoms with Crippen LogP contribution in [-0.4, -0.2) is 38.6 Å². The van der Waals surface area contributed by atoms with Crippen LogP contribution < -0.4 is 9.46 Å². The minimum Gasteiger partial charge on any atom is -0.435 e. The number of nitrogens with zero attached hydrogens (tertiary/aromatic N) is 1. The molecule has 6 nitrogen and oxygen atoms in total. The van der Waals surface area contributed by atoms with Gasteiger partial charge >= 0.3 is 18.7 Å². The molecule has 2 aromatic carbocycles. The second-order valence-corrected chi connectivity index (χ2v) is 8.52. The Labute approximate surface area is 174 Å². The topological polar surface area (TPSA) is 75.7 Å². The summed E-state index contributed by atoms with van der Waals surface area (Å²) >= 11 is 0. The number of amides is 1. The van der Waals surface area contributed by atoms with Crippen molar-refractivity contribution < 1.29 is 39.9 Å². The van der Waals surface area contributed by atoms with Gasteiger partial charge in [0.1, 0.15) is 5.75 Å². The van der Waals surface area contributed by atoms with Gasteiger partial charge in [-0.15, -0.1) is 0 Å². The first kappa shape index (κ1) is 22.9. The molecule has 0 saturated carbocycles. The smallest absolute Gasteiger partial charge is 0.435 e. The largest absolute Gasteiger partial charge is 0.471 e. The molecule has 1 N–H and O–H groups in total. The molecule has 1 aliphatic rings. The molecule has 0 aromatic heterocycles. The first-order valence-corrected chi connectivity index (χ1v) is 10.5. The van der Waals surface area contributed by atoms with Gasteiger partial charge in [-0.1, -0.05) is 18.2 Å².